The van der Waals surface area contributed by atoms with Gasteiger partial charge in [-0.25, -0.2) is 4.98 Å². The maximum absolute atomic E-state index is 12.8. The molecule has 3 unspecified atom stereocenters. The standard InChI is InChI=1S/C18H28N2O2S/c1-5-13(3)20(14(4)6-2)18(21)15-7-8-17(19-11-15)22-16-9-10-23-12-16/h7-8,11,13-14,16H,5-6,9-10,12H2,1-4H3. The maximum Gasteiger partial charge on any atom is 0.255 e. The minimum Gasteiger partial charge on any atom is -0.473 e. The summed E-state index contributed by atoms with van der Waals surface area (Å²) in [6.45, 7) is 8.43. The van der Waals surface area contributed by atoms with Gasteiger partial charge in [-0.1, -0.05) is 13.8 Å². The zero-order valence-corrected chi connectivity index (χ0v) is 15.4. The molecule has 0 radical (unpaired) electrons. The highest BCUT2D eigenvalue weighted by molar-refractivity contribution is 7.99. The van der Waals surface area contributed by atoms with E-state index in [4.69, 9.17) is 4.74 Å². The van der Waals surface area contributed by atoms with Gasteiger partial charge < -0.3 is 9.64 Å². The molecule has 0 spiro atoms. The SMILES string of the molecule is CCC(C)N(C(=O)c1ccc(OC2CCSC2)nc1)C(C)CC. The monoisotopic (exact) mass is 336 g/mol. The number of aromatic nitrogens is 1. The fraction of sp³-hybridized carbons (Fsp3) is 0.667. The van der Waals surface area contributed by atoms with E-state index in [9.17, 15) is 4.79 Å². The van der Waals surface area contributed by atoms with Crippen molar-refractivity contribution in [3.63, 3.8) is 0 Å². The Balaban J connectivity index is 2.07. The Morgan fingerprint density at radius 3 is 2.52 bits per heavy atom. The molecule has 128 valence electrons. The molecular weight excluding hydrogens is 308 g/mol. The average molecular weight is 337 g/mol. The highest BCUT2D eigenvalue weighted by atomic mass is 32.2. The zero-order valence-electron chi connectivity index (χ0n) is 14.6. The first-order valence-electron chi connectivity index (χ1n) is 8.59. The summed E-state index contributed by atoms with van der Waals surface area (Å²) in [7, 11) is 0. The lowest BCUT2D eigenvalue weighted by Gasteiger charge is -2.34. The lowest BCUT2D eigenvalue weighted by Crippen LogP contribution is -2.44. The fourth-order valence-corrected chi connectivity index (χ4v) is 3.82. The molecule has 1 aliphatic rings. The Hall–Kier alpha value is -1.23. The van der Waals surface area contributed by atoms with Gasteiger partial charge in [0.15, 0.2) is 0 Å². The van der Waals surface area contributed by atoms with Gasteiger partial charge in [0.25, 0.3) is 5.91 Å². The summed E-state index contributed by atoms with van der Waals surface area (Å²) in [5, 5.41) is 0. The van der Waals surface area contributed by atoms with E-state index < -0.39 is 0 Å². The quantitative estimate of drug-likeness (QED) is 0.754. The Labute approximate surface area is 144 Å². The number of hydrogen-bond acceptors (Lipinski definition) is 4. The maximum atomic E-state index is 12.8. The average Bonchev–Trinajstić information content (AvgIpc) is 3.08. The number of amides is 1. The number of thioether (sulfide) groups is 1. The molecule has 2 heterocycles. The van der Waals surface area contributed by atoms with E-state index in [-0.39, 0.29) is 24.1 Å². The normalized spacial score (nSPS) is 20.1. The van der Waals surface area contributed by atoms with Crippen molar-refractivity contribution in [1.82, 2.24) is 9.88 Å². The molecule has 0 aromatic carbocycles. The van der Waals surface area contributed by atoms with E-state index in [2.05, 4.69) is 32.7 Å². The first-order valence-corrected chi connectivity index (χ1v) is 9.75. The number of nitrogens with zero attached hydrogens (tertiary/aromatic N) is 2. The Bertz CT molecular complexity index is 490. The number of carbonyl (C=O) groups excluding carboxylic acids is 1. The zero-order chi connectivity index (χ0) is 16.8. The molecule has 5 heteroatoms. The van der Waals surface area contributed by atoms with Crippen LogP contribution in [0.4, 0.5) is 0 Å². The second-order valence-corrected chi connectivity index (χ2v) is 7.37. The third kappa shape index (κ3) is 4.63. The predicted octanol–water partition coefficient (Wildman–Crippen LogP) is 4.01. The van der Waals surface area contributed by atoms with Gasteiger partial charge in [0.2, 0.25) is 5.88 Å². The molecule has 1 aromatic heterocycles. The van der Waals surface area contributed by atoms with Gasteiger partial charge in [0.05, 0.1) is 5.56 Å². The van der Waals surface area contributed by atoms with Crippen molar-refractivity contribution >= 4 is 17.7 Å². The van der Waals surface area contributed by atoms with Gasteiger partial charge in [0.1, 0.15) is 6.10 Å². The summed E-state index contributed by atoms with van der Waals surface area (Å²) in [5.74, 6) is 2.86. The first-order chi connectivity index (χ1) is 11.1. The van der Waals surface area contributed by atoms with Crippen molar-refractivity contribution in [3.05, 3.63) is 23.9 Å². The van der Waals surface area contributed by atoms with Crippen LogP contribution in [0.1, 0.15) is 57.3 Å². The molecule has 1 aliphatic heterocycles. The van der Waals surface area contributed by atoms with E-state index in [1.54, 1.807) is 6.20 Å². The Kier molecular flexibility index (Phi) is 6.75. The van der Waals surface area contributed by atoms with E-state index in [1.807, 2.05) is 28.8 Å². The van der Waals surface area contributed by atoms with Crippen molar-refractivity contribution in [3.8, 4) is 5.88 Å². The Morgan fingerprint density at radius 1 is 1.35 bits per heavy atom. The van der Waals surface area contributed by atoms with Gasteiger partial charge in [0, 0.05) is 30.1 Å². The molecule has 0 saturated carbocycles. The first kappa shape index (κ1) is 18.1. The summed E-state index contributed by atoms with van der Waals surface area (Å²) in [6.07, 6.45) is 4.87. The predicted molar refractivity (Wildman–Crippen MR) is 96.3 cm³/mol. The van der Waals surface area contributed by atoms with Crippen LogP contribution in [0.25, 0.3) is 0 Å². The van der Waals surface area contributed by atoms with Crippen molar-refractivity contribution < 1.29 is 9.53 Å². The second kappa shape index (κ2) is 8.57. The molecule has 1 aromatic rings. The molecule has 1 saturated heterocycles. The third-order valence-electron chi connectivity index (χ3n) is 4.52. The fourth-order valence-electron chi connectivity index (χ4n) is 2.73. The van der Waals surface area contributed by atoms with E-state index in [0.717, 1.165) is 30.8 Å². The van der Waals surface area contributed by atoms with E-state index in [0.29, 0.717) is 11.4 Å². The van der Waals surface area contributed by atoms with Crippen molar-refractivity contribution in [2.24, 2.45) is 0 Å². The molecule has 4 nitrogen and oxygen atoms in total. The summed E-state index contributed by atoms with van der Waals surface area (Å²) in [4.78, 5) is 19.2. The van der Waals surface area contributed by atoms with Crippen LogP contribution < -0.4 is 4.74 Å². The van der Waals surface area contributed by atoms with Crippen molar-refractivity contribution in [2.45, 2.75) is 65.1 Å². The number of ether oxygens (including phenoxy) is 1. The summed E-state index contributed by atoms with van der Waals surface area (Å²) in [5.41, 5.74) is 0.638. The topological polar surface area (TPSA) is 42.4 Å². The van der Waals surface area contributed by atoms with Crippen LogP contribution in [0.3, 0.4) is 0 Å². The van der Waals surface area contributed by atoms with E-state index >= 15 is 0 Å². The minimum atomic E-state index is 0.0594. The highest BCUT2D eigenvalue weighted by Gasteiger charge is 2.25. The van der Waals surface area contributed by atoms with Crippen LogP contribution in [0.5, 0.6) is 5.88 Å². The van der Waals surface area contributed by atoms with Crippen LogP contribution in [0, 0.1) is 0 Å². The highest BCUT2D eigenvalue weighted by Crippen LogP contribution is 2.22. The van der Waals surface area contributed by atoms with Gasteiger partial charge in [-0.05, 0) is 44.9 Å². The number of pyridine rings is 1. The molecule has 0 aliphatic carbocycles. The molecule has 2 rings (SSSR count). The van der Waals surface area contributed by atoms with Crippen molar-refractivity contribution in [2.75, 3.05) is 11.5 Å². The summed E-state index contributed by atoms with van der Waals surface area (Å²) >= 11 is 1.91. The van der Waals surface area contributed by atoms with Crippen LogP contribution in [0.15, 0.2) is 18.3 Å². The summed E-state index contributed by atoms with van der Waals surface area (Å²) in [6, 6.07) is 4.11. The number of hydrogen-bond donors (Lipinski definition) is 0. The molecule has 23 heavy (non-hydrogen) atoms. The van der Waals surface area contributed by atoms with Gasteiger partial charge >= 0.3 is 0 Å². The summed E-state index contributed by atoms with van der Waals surface area (Å²) < 4.78 is 5.85. The largest absolute Gasteiger partial charge is 0.473 e. The van der Waals surface area contributed by atoms with E-state index in [1.165, 1.54) is 0 Å². The molecule has 3 atom stereocenters. The molecule has 1 fully saturated rings. The van der Waals surface area contributed by atoms with Crippen LogP contribution in [-0.2, 0) is 0 Å². The second-order valence-electron chi connectivity index (χ2n) is 6.22. The lowest BCUT2D eigenvalue weighted by atomic mass is 10.1. The van der Waals surface area contributed by atoms with Crippen LogP contribution in [-0.4, -0.2) is 45.5 Å². The number of carbonyl (C=O) groups is 1. The smallest absolute Gasteiger partial charge is 0.255 e. The minimum absolute atomic E-state index is 0.0594. The lowest BCUT2D eigenvalue weighted by molar-refractivity contribution is 0.0598. The van der Waals surface area contributed by atoms with Gasteiger partial charge in [-0.15, -0.1) is 0 Å². The molecular formula is C18H28N2O2S. The van der Waals surface area contributed by atoms with Crippen LogP contribution >= 0.6 is 11.8 Å². The van der Waals surface area contributed by atoms with Gasteiger partial charge in [-0.2, -0.15) is 11.8 Å². The number of rotatable bonds is 7. The molecule has 1 amide bonds. The molecule has 0 bridgehead atoms. The Morgan fingerprint density at radius 2 is 2.04 bits per heavy atom. The van der Waals surface area contributed by atoms with Gasteiger partial charge in [-0.3, -0.25) is 4.79 Å². The molecule has 0 N–H and O–H groups in total. The third-order valence-corrected chi connectivity index (χ3v) is 5.66. The van der Waals surface area contributed by atoms with Crippen molar-refractivity contribution in [1.29, 1.82) is 0 Å². The van der Waals surface area contributed by atoms with Crippen LogP contribution in [0.2, 0.25) is 0 Å².